The van der Waals surface area contributed by atoms with Crippen LogP contribution in [-0.4, -0.2) is 52.8 Å². The number of amides is 2. The van der Waals surface area contributed by atoms with E-state index in [0.717, 1.165) is 0 Å². The first-order valence-electron chi connectivity index (χ1n) is 8.98. The van der Waals surface area contributed by atoms with Crippen LogP contribution in [0.2, 0.25) is 0 Å². The van der Waals surface area contributed by atoms with E-state index in [2.05, 4.69) is 10.6 Å². The van der Waals surface area contributed by atoms with Crippen molar-refractivity contribution in [1.29, 1.82) is 0 Å². The minimum Gasteiger partial charge on any atom is -0.493 e. The molecule has 0 saturated heterocycles. The summed E-state index contributed by atoms with van der Waals surface area (Å²) in [5, 5.41) is 5.08. The molecule has 0 spiro atoms. The van der Waals surface area contributed by atoms with Gasteiger partial charge in [0.25, 0.3) is 11.8 Å². The van der Waals surface area contributed by atoms with E-state index in [4.69, 9.17) is 18.9 Å². The highest BCUT2D eigenvalue weighted by atomic mass is 16.5. The highest BCUT2D eigenvalue weighted by molar-refractivity contribution is 5.97. The van der Waals surface area contributed by atoms with Gasteiger partial charge in [-0.1, -0.05) is 6.07 Å². The molecular weight excluding hydrogens is 392 g/mol. The summed E-state index contributed by atoms with van der Waals surface area (Å²) in [5.41, 5.74) is 1.39. The Morgan fingerprint density at radius 2 is 1.60 bits per heavy atom. The van der Waals surface area contributed by atoms with E-state index in [1.807, 2.05) is 0 Å². The molecule has 0 radical (unpaired) electrons. The van der Waals surface area contributed by atoms with Crippen LogP contribution in [-0.2, 0) is 20.7 Å². The minimum absolute atomic E-state index is 0.0872. The van der Waals surface area contributed by atoms with Crippen LogP contribution in [0, 0.1) is 0 Å². The van der Waals surface area contributed by atoms with E-state index in [9.17, 15) is 14.4 Å². The molecule has 0 saturated carbocycles. The molecule has 0 atom stereocenters. The lowest BCUT2D eigenvalue weighted by molar-refractivity contribution is -0.146. The molecular formula is C21H24N2O7. The number of nitrogens with one attached hydrogen (secondary N) is 2. The first kappa shape index (κ1) is 22.5. The topological polar surface area (TPSA) is 112 Å². The van der Waals surface area contributed by atoms with Crippen LogP contribution in [0.4, 0.5) is 5.69 Å². The predicted molar refractivity (Wildman–Crippen MR) is 109 cm³/mol. The van der Waals surface area contributed by atoms with Crippen LogP contribution in [0.15, 0.2) is 36.4 Å². The average molecular weight is 416 g/mol. The van der Waals surface area contributed by atoms with Gasteiger partial charge in [0.15, 0.2) is 18.1 Å². The lowest BCUT2D eigenvalue weighted by Gasteiger charge is -2.14. The Labute approximate surface area is 174 Å². The largest absolute Gasteiger partial charge is 0.493 e. The van der Waals surface area contributed by atoms with Crippen molar-refractivity contribution in [2.75, 3.05) is 40.3 Å². The van der Waals surface area contributed by atoms with Crippen molar-refractivity contribution in [2.45, 2.75) is 6.42 Å². The quantitative estimate of drug-likeness (QED) is 0.600. The van der Waals surface area contributed by atoms with Gasteiger partial charge in [0.05, 0.1) is 27.8 Å². The van der Waals surface area contributed by atoms with Gasteiger partial charge in [0, 0.05) is 18.3 Å². The molecule has 0 aliphatic heterocycles. The van der Waals surface area contributed by atoms with Gasteiger partial charge in [0.2, 0.25) is 5.75 Å². The van der Waals surface area contributed by atoms with Crippen LogP contribution in [0.25, 0.3) is 0 Å². The molecule has 160 valence electrons. The van der Waals surface area contributed by atoms with Crippen molar-refractivity contribution < 1.29 is 33.3 Å². The number of carbonyl (C=O) groups excluding carboxylic acids is 3. The third-order valence-electron chi connectivity index (χ3n) is 4.07. The molecule has 0 aromatic heterocycles. The molecule has 0 aliphatic carbocycles. The Balaban J connectivity index is 1.95. The third-order valence-corrected chi connectivity index (χ3v) is 4.07. The van der Waals surface area contributed by atoms with Gasteiger partial charge in [-0.15, -0.1) is 0 Å². The van der Waals surface area contributed by atoms with Gasteiger partial charge in [0.1, 0.15) is 0 Å². The predicted octanol–water partition coefficient (Wildman–Crippen LogP) is 1.80. The van der Waals surface area contributed by atoms with Gasteiger partial charge in [-0.2, -0.15) is 0 Å². The fourth-order valence-corrected chi connectivity index (χ4v) is 2.68. The number of carbonyl (C=O) groups is 3. The molecule has 0 unspecified atom stereocenters. The standard InChI is InChI=1S/C21H24N2O7/c1-22-21(26)14-6-5-7-15(11-14)23-18(24)12-30-19(25)10-13-8-16(27-2)20(29-4)17(9-13)28-3/h5-9,11H,10,12H2,1-4H3,(H,22,26)(H,23,24). The zero-order valence-corrected chi connectivity index (χ0v) is 17.2. The van der Waals surface area contributed by atoms with Gasteiger partial charge in [-0.25, -0.2) is 0 Å². The van der Waals surface area contributed by atoms with Crippen molar-refractivity contribution in [3.8, 4) is 17.2 Å². The van der Waals surface area contributed by atoms with Crippen molar-refractivity contribution in [2.24, 2.45) is 0 Å². The van der Waals surface area contributed by atoms with Crippen LogP contribution in [0.5, 0.6) is 17.2 Å². The van der Waals surface area contributed by atoms with Gasteiger partial charge in [-0.3, -0.25) is 14.4 Å². The van der Waals surface area contributed by atoms with Crippen LogP contribution < -0.4 is 24.8 Å². The van der Waals surface area contributed by atoms with Crippen LogP contribution in [0.3, 0.4) is 0 Å². The monoisotopic (exact) mass is 416 g/mol. The third kappa shape index (κ3) is 5.87. The van der Waals surface area contributed by atoms with E-state index in [1.54, 1.807) is 30.3 Å². The molecule has 2 rings (SSSR count). The summed E-state index contributed by atoms with van der Waals surface area (Å²) in [6, 6.07) is 9.67. The molecule has 9 heteroatoms. The number of benzene rings is 2. The van der Waals surface area contributed by atoms with Crippen molar-refractivity contribution in [1.82, 2.24) is 5.32 Å². The average Bonchev–Trinajstić information content (AvgIpc) is 2.76. The van der Waals surface area contributed by atoms with E-state index in [-0.39, 0.29) is 12.3 Å². The molecule has 0 fully saturated rings. The summed E-state index contributed by atoms with van der Waals surface area (Å²) in [7, 11) is 5.95. The molecule has 0 aliphatic rings. The lowest BCUT2D eigenvalue weighted by Crippen LogP contribution is -2.22. The smallest absolute Gasteiger partial charge is 0.310 e. The highest BCUT2D eigenvalue weighted by Crippen LogP contribution is 2.38. The maximum absolute atomic E-state index is 12.1. The van der Waals surface area contributed by atoms with E-state index >= 15 is 0 Å². The number of anilines is 1. The molecule has 2 amide bonds. The summed E-state index contributed by atoms with van der Waals surface area (Å²) >= 11 is 0. The molecule has 0 heterocycles. The summed E-state index contributed by atoms with van der Waals surface area (Å²) in [4.78, 5) is 35.8. The molecule has 2 aromatic rings. The highest BCUT2D eigenvalue weighted by Gasteiger charge is 2.16. The van der Waals surface area contributed by atoms with Crippen molar-refractivity contribution in [3.05, 3.63) is 47.5 Å². The maximum Gasteiger partial charge on any atom is 0.310 e. The number of methoxy groups -OCH3 is 3. The molecule has 30 heavy (non-hydrogen) atoms. The second-order valence-corrected chi connectivity index (χ2v) is 6.08. The molecule has 9 nitrogen and oxygen atoms in total. The van der Waals surface area contributed by atoms with E-state index < -0.39 is 18.5 Å². The fourth-order valence-electron chi connectivity index (χ4n) is 2.68. The molecule has 0 bridgehead atoms. The number of hydrogen-bond acceptors (Lipinski definition) is 7. The summed E-state index contributed by atoms with van der Waals surface area (Å²) < 4.78 is 20.8. The second kappa shape index (κ2) is 10.7. The first-order valence-corrected chi connectivity index (χ1v) is 8.98. The van der Waals surface area contributed by atoms with Gasteiger partial charge < -0.3 is 29.6 Å². The van der Waals surface area contributed by atoms with Crippen LogP contribution in [0.1, 0.15) is 15.9 Å². The number of ether oxygens (including phenoxy) is 4. The van der Waals surface area contributed by atoms with Gasteiger partial charge in [-0.05, 0) is 35.9 Å². The zero-order valence-electron chi connectivity index (χ0n) is 17.2. The zero-order chi connectivity index (χ0) is 22.1. The van der Waals surface area contributed by atoms with E-state index in [0.29, 0.717) is 34.1 Å². The second-order valence-electron chi connectivity index (χ2n) is 6.08. The Morgan fingerprint density at radius 1 is 0.933 bits per heavy atom. The number of rotatable bonds is 9. The Morgan fingerprint density at radius 3 is 2.17 bits per heavy atom. The molecule has 2 aromatic carbocycles. The van der Waals surface area contributed by atoms with Crippen LogP contribution >= 0.6 is 0 Å². The summed E-state index contributed by atoms with van der Waals surface area (Å²) in [6.45, 7) is -0.465. The minimum atomic E-state index is -0.599. The number of hydrogen-bond donors (Lipinski definition) is 2. The fraction of sp³-hybridized carbons (Fsp3) is 0.286. The first-order chi connectivity index (χ1) is 14.4. The van der Waals surface area contributed by atoms with Crippen molar-refractivity contribution in [3.63, 3.8) is 0 Å². The normalized spacial score (nSPS) is 10.0. The Bertz CT molecular complexity index is 902. The summed E-state index contributed by atoms with van der Waals surface area (Å²) in [6.07, 6.45) is -0.0872. The van der Waals surface area contributed by atoms with E-state index in [1.165, 1.54) is 34.4 Å². The lowest BCUT2D eigenvalue weighted by atomic mass is 10.1. The van der Waals surface area contributed by atoms with Gasteiger partial charge >= 0.3 is 5.97 Å². The summed E-state index contributed by atoms with van der Waals surface area (Å²) in [5.74, 6) is -0.166. The number of esters is 1. The Hall–Kier alpha value is -3.75. The molecule has 2 N–H and O–H groups in total. The van der Waals surface area contributed by atoms with Crippen molar-refractivity contribution >= 4 is 23.5 Å². The maximum atomic E-state index is 12.1. The Kier molecular flexibility index (Phi) is 8.04. The SMILES string of the molecule is CNC(=O)c1cccc(NC(=O)COC(=O)Cc2cc(OC)c(OC)c(OC)c2)c1.